The number of carbonyl (C=O) groups is 1. The molecule has 1 saturated carbocycles. The van der Waals surface area contributed by atoms with Gasteiger partial charge in [0, 0.05) is 18.3 Å². The molecule has 1 aromatic heterocycles. The van der Waals surface area contributed by atoms with E-state index in [1.54, 1.807) is 0 Å². The fourth-order valence-electron chi connectivity index (χ4n) is 3.26. The summed E-state index contributed by atoms with van der Waals surface area (Å²) >= 11 is 3.27. The molecule has 7 heteroatoms. The Morgan fingerprint density at radius 2 is 2.00 bits per heavy atom. The van der Waals surface area contributed by atoms with Gasteiger partial charge in [-0.3, -0.25) is 4.79 Å². The summed E-state index contributed by atoms with van der Waals surface area (Å²) < 4.78 is 2.06. The van der Waals surface area contributed by atoms with Crippen LogP contribution in [0.2, 0.25) is 0 Å². The Bertz CT molecular complexity index is 782. The number of aryl methyl sites for hydroxylation is 1. The molecule has 0 aliphatic heterocycles. The molecule has 0 unspecified atom stereocenters. The SMILES string of the molecule is C=CCn1c(CSCc2ccc(C)cc2)nnc1SCC(=O)NC1CCCC1. The van der Waals surface area contributed by atoms with Gasteiger partial charge in [0.25, 0.3) is 0 Å². The number of rotatable bonds is 10. The summed E-state index contributed by atoms with van der Waals surface area (Å²) in [4.78, 5) is 12.2. The fourth-order valence-corrected chi connectivity index (χ4v) is 4.96. The average molecular weight is 417 g/mol. The van der Waals surface area contributed by atoms with Crippen LogP contribution in [0.25, 0.3) is 0 Å². The molecule has 1 fully saturated rings. The molecule has 0 atom stereocenters. The van der Waals surface area contributed by atoms with E-state index < -0.39 is 0 Å². The first-order valence-corrected chi connectivity index (χ1v) is 11.9. The lowest BCUT2D eigenvalue weighted by molar-refractivity contribution is -0.119. The normalized spacial score (nSPS) is 14.3. The van der Waals surface area contributed by atoms with Crippen LogP contribution in [0.3, 0.4) is 0 Å². The van der Waals surface area contributed by atoms with Gasteiger partial charge < -0.3 is 9.88 Å². The van der Waals surface area contributed by atoms with Gasteiger partial charge in [0.05, 0.1) is 11.5 Å². The Balaban J connectivity index is 1.52. The van der Waals surface area contributed by atoms with Crippen LogP contribution in [0.1, 0.15) is 42.6 Å². The van der Waals surface area contributed by atoms with Crippen LogP contribution < -0.4 is 5.32 Å². The minimum absolute atomic E-state index is 0.0837. The van der Waals surface area contributed by atoms with Gasteiger partial charge in [-0.1, -0.05) is 60.5 Å². The first-order chi connectivity index (χ1) is 13.7. The number of amides is 1. The molecule has 1 aliphatic carbocycles. The van der Waals surface area contributed by atoms with E-state index in [-0.39, 0.29) is 5.91 Å². The number of nitrogens with one attached hydrogen (secondary N) is 1. The fraction of sp³-hybridized carbons (Fsp3) is 0.476. The third-order valence-corrected chi connectivity index (χ3v) is 6.74. The molecule has 2 aromatic rings. The Morgan fingerprint density at radius 3 is 2.71 bits per heavy atom. The van der Waals surface area contributed by atoms with Crippen LogP contribution in [-0.4, -0.2) is 32.5 Å². The van der Waals surface area contributed by atoms with E-state index in [2.05, 4.69) is 57.8 Å². The zero-order valence-corrected chi connectivity index (χ0v) is 18.0. The molecule has 0 saturated heterocycles. The molecular weight excluding hydrogens is 388 g/mol. The van der Waals surface area contributed by atoms with Crippen molar-refractivity contribution >= 4 is 29.4 Å². The predicted octanol–water partition coefficient (Wildman–Crippen LogP) is 4.36. The largest absolute Gasteiger partial charge is 0.353 e. The number of nitrogens with zero attached hydrogens (tertiary/aromatic N) is 3. The predicted molar refractivity (Wildman–Crippen MR) is 118 cm³/mol. The quantitative estimate of drug-likeness (QED) is 0.461. The summed E-state index contributed by atoms with van der Waals surface area (Å²) in [6.07, 6.45) is 6.49. The second-order valence-corrected chi connectivity index (χ2v) is 9.04. The number of aromatic nitrogens is 3. The first-order valence-electron chi connectivity index (χ1n) is 9.74. The van der Waals surface area contributed by atoms with E-state index in [9.17, 15) is 4.79 Å². The maximum absolute atomic E-state index is 12.2. The lowest BCUT2D eigenvalue weighted by Gasteiger charge is -2.12. The summed E-state index contributed by atoms with van der Waals surface area (Å²) in [6, 6.07) is 8.97. The Labute approximate surface area is 175 Å². The van der Waals surface area contributed by atoms with E-state index in [4.69, 9.17) is 0 Å². The Hall–Kier alpha value is -1.73. The van der Waals surface area contributed by atoms with Crippen molar-refractivity contribution in [2.75, 3.05) is 5.75 Å². The summed E-state index contributed by atoms with van der Waals surface area (Å²) in [7, 11) is 0. The van der Waals surface area contributed by atoms with Gasteiger partial charge in [-0.15, -0.1) is 28.5 Å². The zero-order chi connectivity index (χ0) is 19.8. The molecule has 5 nitrogen and oxygen atoms in total. The van der Waals surface area contributed by atoms with Crippen LogP contribution in [0.15, 0.2) is 42.1 Å². The Morgan fingerprint density at radius 1 is 1.25 bits per heavy atom. The van der Waals surface area contributed by atoms with Crippen molar-refractivity contribution in [1.82, 2.24) is 20.1 Å². The van der Waals surface area contributed by atoms with Crippen LogP contribution in [-0.2, 0) is 22.8 Å². The summed E-state index contributed by atoms with van der Waals surface area (Å²) in [6.45, 7) is 6.60. The van der Waals surface area contributed by atoms with Crippen LogP contribution in [0.5, 0.6) is 0 Å². The van der Waals surface area contributed by atoms with Crippen molar-refractivity contribution in [3.05, 3.63) is 53.9 Å². The Kier molecular flexibility index (Phi) is 8.03. The molecule has 1 aliphatic rings. The summed E-state index contributed by atoms with van der Waals surface area (Å²) in [5.41, 5.74) is 2.58. The minimum atomic E-state index is 0.0837. The molecule has 1 aromatic carbocycles. The van der Waals surface area contributed by atoms with Gasteiger partial charge in [0.15, 0.2) is 5.16 Å². The highest BCUT2D eigenvalue weighted by Gasteiger charge is 2.18. The second kappa shape index (κ2) is 10.7. The molecular formula is C21H28N4OS2. The van der Waals surface area contributed by atoms with Crippen molar-refractivity contribution in [3.63, 3.8) is 0 Å². The first kappa shape index (κ1) is 21.0. The van der Waals surface area contributed by atoms with Crippen molar-refractivity contribution < 1.29 is 4.79 Å². The van der Waals surface area contributed by atoms with E-state index in [0.29, 0.717) is 18.3 Å². The summed E-state index contributed by atoms with van der Waals surface area (Å²) in [5.74, 6) is 3.11. The van der Waals surface area contributed by atoms with Gasteiger partial charge in [-0.25, -0.2) is 0 Å². The number of hydrogen-bond acceptors (Lipinski definition) is 5. The molecule has 0 bridgehead atoms. The summed E-state index contributed by atoms with van der Waals surface area (Å²) in [5, 5.41) is 12.6. The van der Waals surface area contributed by atoms with Gasteiger partial charge in [-0.2, -0.15) is 0 Å². The number of thioether (sulfide) groups is 2. The van der Waals surface area contributed by atoms with E-state index >= 15 is 0 Å². The topological polar surface area (TPSA) is 59.8 Å². The molecule has 1 amide bonds. The minimum Gasteiger partial charge on any atom is -0.353 e. The van der Waals surface area contributed by atoms with Crippen molar-refractivity contribution in [2.45, 2.75) is 61.9 Å². The van der Waals surface area contributed by atoms with Crippen molar-refractivity contribution in [2.24, 2.45) is 0 Å². The highest BCUT2D eigenvalue weighted by atomic mass is 32.2. The molecule has 1 N–H and O–H groups in total. The highest BCUT2D eigenvalue weighted by Crippen LogP contribution is 2.23. The maximum Gasteiger partial charge on any atom is 0.230 e. The molecule has 0 spiro atoms. The third kappa shape index (κ3) is 6.14. The standard InChI is InChI=1S/C21H28N4OS2/c1-3-12-25-19(14-27-13-17-10-8-16(2)9-11-17)23-24-21(25)28-15-20(26)22-18-6-4-5-7-18/h3,8-11,18H,1,4-7,12-15H2,2H3,(H,22,26). The number of allylic oxidation sites excluding steroid dienone is 1. The van der Waals surface area contributed by atoms with Crippen molar-refractivity contribution in [3.8, 4) is 0 Å². The number of benzene rings is 1. The van der Waals surface area contributed by atoms with Gasteiger partial charge in [-0.05, 0) is 25.3 Å². The monoisotopic (exact) mass is 416 g/mol. The van der Waals surface area contributed by atoms with Gasteiger partial charge in [0.1, 0.15) is 5.82 Å². The smallest absolute Gasteiger partial charge is 0.230 e. The number of carbonyl (C=O) groups excluding carboxylic acids is 1. The number of hydrogen-bond donors (Lipinski definition) is 1. The van der Waals surface area contributed by atoms with E-state index in [0.717, 1.165) is 35.3 Å². The molecule has 1 heterocycles. The average Bonchev–Trinajstić information content (AvgIpc) is 3.33. The van der Waals surface area contributed by atoms with Crippen LogP contribution in [0.4, 0.5) is 0 Å². The lowest BCUT2D eigenvalue weighted by Crippen LogP contribution is -2.33. The highest BCUT2D eigenvalue weighted by molar-refractivity contribution is 7.99. The molecule has 150 valence electrons. The lowest BCUT2D eigenvalue weighted by atomic mass is 10.2. The van der Waals surface area contributed by atoms with Gasteiger partial charge in [0.2, 0.25) is 5.91 Å². The third-order valence-electron chi connectivity index (χ3n) is 4.78. The van der Waals surface area contributed by atoms with E-state index in [1.165, 1.54) is 35.7 Å². The zero-order valence-electron chi connectivity index (χ0n) is 16.4. The molecule has 3 rings (SSSR count). The van der Waals surface area contributed by atoms with Gasteiger partial charge >= 0.3 is 0 Å². The van der Waals surface area contributed by atoms with E-state index in [1.807, 2.05) is 17.8 Å². The van der Waals surface area contributed by atoms with Crippen LogP contribution >= 0.6 is 23.5 Å². The molecule has 0 radical (unpaired) electrons. The van der Waals surface area contributed by atoms with Crippen LogP contribution in [0, 0.1) is 6.92 Å². The maximum atomic E-state index is 12.2. The molecule has 28 heavy (non-hydrogen) atoms. The second-order valence-electron chi connectivity index (χ2n) is 7.11. The van der Waals surface area contributed by atoms with Crippen molar-refractivity contribution in [1.29, 1.82) is 0 Å².